The lowest BCUT2D eigenvalue weighted by Crippen LogP contribution is -2.23. The summed E-state index contributed by atoms with van der Waals surface area (Å²) in [6, 6.07) is 9.80. The lowest BCUT2D eigenvalue weighted by atomic mass is 10.2. The summed E-state index contributed by atoms with van der Waals surface area (Å²) in [4.78, 5) is 4.37. The van der Waals surface area contributed by atoms with Crippen molar-refractivity contribution >= 4 is 35.6 Å². The van der Waals surface area contributed by atoms with Crippen LogP contribution in [0.5, 0.6) is 0 Å². The molecule has 0 atom stereocenters. The molecule has 0 saturated carbocycles. The number of benzene rings is 1. The van der Waals surface area contributed by atoms with Gasteiger partial charge in [-0.05, 0) is 25.0 Å². The number of nitrogens with zero attached hydrogens (tertiary/aromatic N) is 4. The number of halogens is 1. The molecule has 1 aliphatic heterocycles. The molecule has 1 aromatic carbocycles. The van der Waals surface area contributed by atoms with Gasteiger partial charge in [0.2, 0.25) is 0 Å². The van der Waals surface area contributed by atoms with Crippen LogP contribution in [0.15, 0.2) is 35.3 Å². The SMILES string of the molecule is I.NC(=NCCc1nnc2n1CCCCC2)Nc1ccccc1. The molecule has 0 amide bonds. The molecule has 124 valence electrons. The van der Waals surface area contributed by atoms with Gasteiger partial charge in [-0.15, -0.1) is 34.2 Å². The summed E-state index contributed by atoms with van der Waals surface area (Å²) in [5.41, 5.74) is 6.85. The molecule has 0 spiro atoms. The van der Waals surface area contributed by atoms with E-state index in [0.717, 1.165) is 36.7 Å². The van der Waals surface area contributed by atoms with Gasteiger partial charge in [0.15, 0.2) is 5.96 Å². The van der Waals surface area contributed by atoms with E-state index in [2.05, 4.69) is 25.1 Å². The maximum atomic E-state index is 5.90. The van der Waals surface area contributed by atoms with Crippen molar-refractivity contribution in [2.45, 2.75) is 38.6 Å². The van der Waals surface area contributed by atoms with E-state index in [1.807, 2.05) is 30.3 Å². The molecule has 7 heteroatoms. The highest BCUT2D eigenvalue weighted by molar-refractivity contribution is 14.0. The zero-order valence-corrected chi connectivity index (χ0v) is 15.4. The van der Waals surface area contributed by atoms with Crippen molar-refractivity contribution in [1.82, 2.24) is 14.8 Å². The highest BCUT2D eigenvalue weighted by atomic mass is 127. The number of fused-ring (bicyclic) bond motifs is 1. The Morgan fingerprint density at radius 1 is 1.17 bits per heavy atom. The van der Waals surface area contributed by atoms with Crippen molar-refractivity contribution in [2.75, 3.05) is 11.9 Å². The van der Waals surface area contributed by atoms with E-state index in [-0.39, 0.29) is 24.0 Å². The lowest BCUT2D eigenvalue weighted by Gasteiger charge is -2.07. The number of hydrogen-bond donors (Lipinski definition) is 2. The highest BCUT2D eigenvalue weighted by Gasteiger charge is 2.13. The molecule has 1 aromatic heterocycles. The van der Waals surface area contributed by atoms with Crippen molar-refractivity contribution in [3.8, 4) is 0 Å². The van der Waals surface area contributed by atoms with Crippen LogP contribution in [0.3, 0.4) is 0 Å². The molecule has 3 N–H and O–H groups in total. The maximum absolute atomic E-state index is 5.90. The standard InChI is InChI=1S/C16H22N6.HI/c17-16(19-13-7-3-1-4-8-13)18-11-10-15-21-20-14-9-5-2-6-12-22(14)15;/h1,3-4,7-8H,2,5-6,9-12H2,(H3,17,18,19);1H. The normalized spacial score (nSPS) is 14.5. The summed E-state index contributed by atoms with van der Waals surface area (Å²) in [6.07, 6.45) is 5.50. The Labute approximate surface area is 153 Å². The van der Waals surface area contributed by atoms with Gasteiger partial charge in [-0.25, -0.2) is 0 Å². The molecule has 23 heavy (non-hydrogen) atoms. The maximum Gasteiger partial charge on any atom is 0.193 e. The fourth-order valence-corrected chi connectivity index (χ4v) is 2.72. The first kappa shape index (κ1) is 17.7. The first-order chi connectivity index (χ1) is 10.8. The number of guanidine groups is 1. The van der Waals surface area contributed by atoms with Gasteiger partial charge in [-0.1, -0.05) is 24.6 Å². The van der Waals surface area contributed by atoms with Crippen LogP contribution in [0, 0.1) is 0 Å². The molecule has 0 saturated heterocycles. The van der Waals surface area contributed by atoms with Crippen LogP contribution in [-0.2, 0) is 19.4 Å². The minimum atomic E-state index is 0. The molecule has 2 heterocycles. The zero-order valence-electron chi connectivity index (χ0n) is 13.1. The van der Waals surface area contributed by atoms with Gasteiger partial charge < -0.3 is 15.6 Å². The summed E-state index contributed by atoms with van der Waals surface area (Å²) in [7, 11) is 0. The van der Waals surface area contributed by atoms with Gasteiger partial charge in [0, 0.05) is 31.6 Å². The Morgan fingerprint density at radius 2 is 2.00 bits per heavy atom. The van der Waals surface area contributed by atoms with E-state index in [4.69, 9.17) is 5.73 Å². The van der Waals surface area contributed by atoms with Crippen LogP contribution in [0.1, 0.15) is 30.9 Å². The zero-order chi connectivity index (χ0) is 15.2. The minimum absolute atomic E-state index is 0. The van der Waals surface area contributed by atoms with Gasteiger partial charge in [-0.2, -0.15) is 0 Å². The third kappa shape index (κ3) is 4.92. The number of anilines is 1. The van der Waals surface area contributed by atoms with Crippen LogP contribution in [0.2, 0.25) is 0 Å². The third-order valence-electron chi connectivity index (χ3n) is 3.85. The molecular formula is C16H23IN6. The van der Waals surface area contributed by atoms with E-state index in [1.165, 1.54) is 19.3 Å². The molecular weight excluding hydrogens is 403 g/mol. The summed E-state index contributed by atoms with van der Waals surface area (Å²) < 4.78 is 2.25. The Morgan fingerprint density at radius 3 is 2.83 bits per heavy atom. The first-order valence-corrected chi connectivity index (χ1v) is 7.86. The largest absolute Gasteiger partial charge is 0.370 e. The lowest BCUT2D eigenvalue weighted by molar-refractivity contribution is 0.605. The number of nitrogens with two attached hydrogens (primary N) is 1. The number of aromatic nitrogens is 3. The molecule has 3 rings (SSSR count). The third-order valence-corrected chi connectivity index (χ3v) is 3.85. The molecule has 1 aliphatic rings. The number of aliphatic imine (C=N–C) groups is 1. The number of rotatable bonds is 4. The Bertz CT molecular complexity index is 637. The smallest absolute Gasteiger partial charge is 0.193 e. The van der Waals surface area contributed by atoms with Gasteiger partial charge in [0.1, 0.15) is 11.6 Å². The van der Waals surface area contributed by atoms with Crippen molar-refractivity contribution in [3.63, 3.8) is 0 Å². The predicted molar refractivity (Wildman–Crippen MR) is 103 cm³/mol. The van der Waals surface area contributed by atoms with Crippen LogP contribution in [-0.4, -0.2) is 27.3 Å². The van der Waals surface area contributed by atoms with E-state index in [1.54, 1.807) is 0 Å². The first-order valence-electron chi connectivity index (χ1n) is 7.86. The molecule has 6 nitrogen and oxygen atoms in total. The predicted octanol–water partition coefficient (Wildman–Crippen LogP) is 2.59. The topological polar surface area (TPSA) is 81.1 Å². The monoisotopic (exact) mass is 426 g/mol. The van der Waals surface area contributed by atoms with Crippen LogP contribution in [0.25, 0.3) is 0 Å². The highest BCUT2D eigenvalue weighted by Crippen LogP contribution is 2.14. The average Bonchev–Trinajstić information content (AvgIpc) is 2.76. The van der Waals surface area contributed by atoms with Crippen molar-refractivity contribution < 1.29 is 0 Å². The fraction of sp³-hybridized carbons (Fsp3) is 0.438. The summed E-state index contributed by atoms with van der Waals surface area (Å²) in [6.45, 7) is 1.64. The number of hydrogen-bond acceptors (Lipinski definition) is 3. The number of nitrogens with one attached hydrogen (secondary N) is 1. The van der Waals surface area contributed by atoms with E-state index in [9.17, 15) is 0 Å². The fourth-order valence-electron chi connectivity index (χ4n) is 2.72. The summed E-state index contributed by atoms with van der Waals surface area (Å²) in [5, 5.41) is 11.7. The number of aryl methyl sites for hydroxylation is 1. The van der Waals surface area contributed by atoms with Gasteiger partial charge in [0.25, 0.3) is 0 Å². The van der Waals surface area contributed by atoms with E-state index >= 15 is 0 Å². The van der Waals surface area contributed by atoms with Gasteiger partial charge in [-0.3, -0.25) is 4.99 Å². The quantitative estimate of drug-likeness (QED) is 0.448. The molecule has 2 aromatic rings. The van der Waals surface area contributed by atoms with Gasteiger partial charge >= 0.3 is 0 Å². The molecule has 0 unspecified atom stereocenters. The van der Waals surface area contributed by atoms with Crippen molar-refractivity contribution in [2.24, 2.45) is 10.7 Å². The molecule has 0 radical (unpaired) electrons. The molecule has 0 aliphatic carbocycles. The second-order valence-corrected chi connectivity index (χ2v) is 5.50. The minimum Gasteiger partial charge on any atom is -0.370 e. The Kier molecular flexibility index (Phi) is 6.82. The average molecular weight is 426 g/mol. The second-order valence-electron chi connectivity index (χ2n) is 5.50. The Hall–Kier alpha value is -1.64. The molecule has 0 bridgehead atoms. The number of para-hydroxylation sites is 1. The second kappa shape index (κ2) is 8.85. The van der Waals surface area contributed by atoms with Crippen molar-refractivity contribution in [3.05, 3.63) is 42.0 Å². The van der Waals surface area contributed by atoms with Crippen LogP contribution < -0.4 is 11.1 Å². The van der Waals surface area contributed by atoms with Crippen LogP contribution >= 0.6 is 24.0 Å². The van der Waals surface area contributed by atoms with E-state index in [0.29, 0.717) is 12.5 Å². The molecule has 0 fully saturated rings. The van der Waals surface area contributed by atoms with E-state index < -0.39 is 0 Å². The van der Waals surface area contributed by atoms with Crippen LogP contribution in [0.4, 0.5) is 5.69 Å². The van der Waals surface area contributed by atoms with Crippen molar-refractivity contribution in [1.29, 1.82) is 0 Å². The Balaban J connectivity index is 0.00000192. The summed E-state index contributed by atoms with van der Waals surface area (Å²) >= 11 is 0. The van der Waals surface area contributed by atoms with Gasteiger partial charge in [0.05, 0.1) is 0 Å². The summed E-state index contributed by atoms with van der Waals surface area (Å²) in [5.74, 6) is 2.57.